The van der Waals surface area contributed by atoms with Crippen molar-refractivity contribution in [1.82, 2.24) is 9.13 Å². The zero-order chi connectivity index (χ0) is 12.6. The Morgan fingerprint density at radius 1 is 1.29 bits per heavy atom. The van der Waals surface area contributed by atoms with E-state index >= 15 is 0 Å². The molecule has 0 unspecified atom stereocenters. The summed E-state index contributed by atoms with van der Waals surface area (Å²) in [6, 6.07) is 4.45. The molecule has 0 saturated carbocycles. The Bertz CT molecular complexity index is 637. The van der Waals surface area contributed by atoms with Crippen LogP contribution in [0.15, 0.2) is 35.4 Å². The molecule has 0 saturated heterocycles. The van der Waals surface area contributed by atoms with Crippen molar-refractivity contribution in [2.75, 3.05) is 0 Å². The van der Waals surface area contributed by atoms with Crippen molar-refractivity contribution in [1.29, 1.82) is 0 Å². The number of aryl methyl sites for hydroxylation is 1. The van der Waals surface area contributed by atoms with Gasteiger partial charge < -0.3 is 14.2 Å². The average molecular weight is 232 g/mol. The van der Waals surface area contributed by atoms with Crippen molar-refractivity contribution in [2.45, 2.75) is 0 Å². The highest BCUT2D eigenvalue weighted by Crippen LogP contribution is 2.18. The number of carboxylic acids is 1. The average Bonchev–Trinajstić information content (AvgIpc) is 2.68. The number of carbonyl (C=O) groups is 1. The topological polar surface area (TPSA) is 64.2 Å². The Balaban J connectivity index is 2.68. The van der Waals surface area contributed by atoms with Crippen LogP contribution in [0.5, 0.6) is 0 Å². The standard InChI is InChI=1S/C12H12N2O3/c1-13-4-3-8(7-13)10-5-9(12(16)17)6-11(15)14(10)2/h3-7H,1-2H3,(H,16,17). The monoisotopic (exact) mass is 232 g/mol. The van der Waals surface area contributed by atoms with E-state index in [9.17, 15) is 9.59 Å². The highest BCUT2D eigenvalue weighted by atomic mass is 16.4. The molecule has 2 aromatic rings. The van der Waals surface area contributed by atoms with Gasteiger partial charge in [-0.1, -0.05) is 0 Å². The van der Waals surface area contributed by atoms with Crippen molar-refractivity contribution < 1.29 is 9.90 Å². The maximum atomic E-state index is 11.6. The molecule has 0 atom stereocenters. The minimum atomic E-state index is -1.10. The van der Waals surface area contributed by atoms with Gasteiger partial charge >= 0.3 is 5.97 Å². The van der Waals surface area contributed by atoms with Crippen molar-refractivity contribution in [3.63, 3.8) is 0 Å². The summed E-state index contributed by atoms with van der Waals surface area (Å²) >= 11 is 0. The minimum absolute atomic E-state index is 0.00644. The first kappa shape index (κ1) is 11.2. The molecule has 0 fully saturated rings. The third-order valence-electron chi connectivity index (χ3n) is 2.64. The molecule has 88 valence electrons. The molecule has 2 aromatic heterocycles. The summed E-state index contributed by atoms with van der Waals surface area (Å²) in [5.74, 6) is -1.10. The molecule has 0 aromatic carbocycles. The predicted molar refractivity (Wildman–Crippen MR) is 63.0 cm³/mol. The van der Waals surface area contributed by atoms with Crippen LogP contribution in [0.1, 0.15) is 10.4 Å². The zero-order valence-corrected chi connectivity index (χ0v) is 9.54. The third-order valence-corrected chi connectivity index (χ3v) is 2.64. The molecule has 0 aliphatic heterocycles. The number of hydrogen-bond acceptors (Lipinski definition) is 2. The minimum Gasteiger partial charge on any atom is -0.478 e. The normalized spacial score (nSPS) is 10.5. The van der Waals surface area contributed by atoms with Crippen LogP contribution in [0.3, 0.4) is 0 Å². The van der Waals surface area contributed by atoms with Crippen LogP contribution in [0.2, 0.25) is 0 Å². The molecule has 1 N–H and O–H groups in total. The second kappa shape index (κ2) is 3.93. The van der Waals surface area contributed by atoms with E-state index in [1.807, 2.05) is 30.1 Å². The fraction of sp³-hybridized carbons (Fsp3) is 0.167. The number of carboxylic acid groups (broad SMARTS) is 1. The van der Waals surface area contributed by atoms with E-state index in [0.29, 0.717) is 5.69 Å². The number of nitrogens with zero attached hydrogens (tertiary/aromatic N) is 2. The molecule has 0 spiro atoms. The number of rotatable bonds is 2. The summed E-state index contributed by atoms with van der Waals surface area (Å²) in [7, 11) is 3.49. The first-order valence-corrected chi connectivity index (χ1v) is 5.06. The highest BCUT2D eigenvalue weighted by Gasteiger charge is 2.11. The van der Waals surface area contributed by atoms with Gasteiger partial charge in [0.2, 0.25) is 0 Å². The van der Waals surface area contributed by atoms with E-state index < -0.39 is 5.97 Å². The lowest BCUT2D eigenvalue weighted by Crippen LogP contribution is -2.19. The summed E-state index contributed by atoms with van der Waals surface area (Å²) in [4.78, 5) is 22.5. The fourth-order valence-electron chi connectivity index (χ4n) is 1.69. The van der Waals surface area contributed by atoms with Gasteiger partial charge in [0.15, 0.2) is 0 Å². The van der Waals surface area contributed by atoms with Gasteiger partial charge in [-0.15, -0.1) is 0 Å². The van der Waals surface area contributed by atoms with E-state index in [2.05, 4.69) is 0 Å². The lowest BCUT2D eigenvalue weighted by atomic mass is 10.1. The zero-order valence-electron chi connectivity index (χ0n) is 9.54. The SMILES string of the molecule is Cn1ccc(-c2cc(C(=O)O)cc(=O)n2C)c1. The van der Waals surface area contributed by atoms with Crippen LogP contribution >= 0.6 is 0 Å². The van der Waals surface area contributed by atoms with Gasteiger partial charge in [0, 0.05) is 38.1 Å². The summed E-state index contributed by atoms with van der Waals surface area (Å²) in [6.45, 7) is 0. The number of pyridine rings is 1. The molecule has 2 heterocycles. The van der Waals surface area contributed by atoms with Gasteiger partial charge in [-0.25, -0.2) is 4.79 Å². The number of hydrogen-bond donors (Lipinski definition) is 1. The van der Waals surface area contributed by atoms with Gasteiger partial charge in [-0.05, 0) is 12.1 Å². The molecular weight excluding hydrogens is 220 g/mol. The van der Waals surface area contributed by atoms with Crippen LogP contribution in [-0.4, -0.2) is 20.2 Å². The Morgan fingerprint density at radius 3 is 2.53 bits per heavy atom. The lowest BCUT2D eigenvalue weighted by molar-refractivity contribution is 0.0696. The van der Waals surface area contributed by atoms with E-state index in [4.69, 9.17) is 5.11 Å². The van der Waals surface area contributed by atoms with E-state index in [1.165, 1.54) is 10.6 Å². The first-order valence-electron chi connectivity index (χ1n) is 5.06. The first-order chi connectivity index (χ1) is 7.99. The summed E-state index contributed by atoms with van der Waals surface area (Å²) < 4.78 is 3.27. The molecule has 5 heteroatoms. The van der Waals surface area contributed by atoms with Crippen LogP contribution in [0.4, 0.5) is 0 Å². The van der Waals surface area contributed by atoms with Crippen LogP contribution in [0, 0.1) is 0 Å². The van der Waals surface area contributed by atoms with Crippen molar-refractivity contribution in [2.24, 2.45) is 14.1 Å². The molecule has 5 nitrogen and oxygen atoms in total. The summed E-state index contributed by atoms with van der Waals surface area (Å²) in [5, 5.41) is 8.92. The largest absolute Gasteiger partial charge is 0.478 e. The van der Waals surface area contributed by atoms with E-state index in [1.54, 1.807) is 7.05 Å². The Morgan fingerprint density at radius 2 is 2.00 bits per heavy atom. The Hall–Kier alpha value is -2.30. The third kappa shape index (κ3) is 1.99. The quantitative estimate of drug-likeness (QED) is 0.842. The van der Waals surface area contributed by atoms with Gasteiger partial charge in [0.1, 0.15) is 0 Å². The fourth-order valence-corrected chi connectivity index (χ4v) is 1.69. The highest BCUT2D eigenvalue weighted by molar-refractivity contribution is 5.88. The van der Waals surface area contributed by atoms with Gasteiger partial charge in [0.25, 0.3) is 5.56 Å². The molecule has 0 amide bonds. The second-order valence-corrected chi connectivity index (χ2v) is 3.90. The maximum absolute atomic E-state index is 11.6. The van der Waals surface area contributed by atoms with Crippen LogP contribution in [0.25, 0.3) is 11.3 Å². The van der Waals surface area contributed by atoms with E-state index in [-0.39, 0.29) is 11.1 Å². The van der Waals surface area contributed by atoms with Crippen molar-refractivity contribution in [3.05, 3.63) is 46.5 Å². The second-order valence-electron chi connectivity index (χ2n) is 3.90. The van der Waals surface area contributed by atoms with Crippen molar-refractivity contribution >= 4 is 5.97 Å². The lowest BCUT2D eigenvalue weighted by Gasteiger charge is -2.07. The Kier molecular flexibility index (Phi) is 2.59. The molecule has 0 bridgehead atoms. The maximum Gasteiger partial charge on any atom is 0.335 e. The molecular formula is C12H12N2O3. The number of aromatic carboxylic acids is 1. The predicted octanol–water partition coefficient (Wildman–Crippen LogP) is 1.09. The Labute approximate surface area is 97.5 Å². The molecule has 0 radical (unpaired) electrons. The van der Waals surface area contributed by atoms with Crippen molar-refractivity contribution in [3.8, 4) is 11.3 Å². The molecule has 2 rings (SSSR count). The van der Waals surface area contributed by atoms with Gasteiger partial charge in [-0.3, -0.25) is 4.79 Å². The van der Waals surface area contributed by atoms with Crippen LogP contribution < -0.4 is 5.56 Å². The smallest absolute Gasteiger partial charge is 0.335 e. The molecule has 0 aliphatic rings. The van der Waals surface area contributed by atoms with Gasteiger partial charge in [0.05, 0.1) is 11.3 Å². The summed E-state index contributed by atoms with van der Waals surface area (Å²) in [5.41, 5.74) is 1.08. The molecule has 17 heavy (non-hydrogen) atoms. The number of aromatic nitrogens is 2. The molecule has 0 aliphatic carbocycles. The van der Waals surface area contributed by atoms with E-state index in [0.717, 1.165) is 11.6 Å². The van der Waals surface area contributed by atoms with Crippen LogP contribution in [-0.2, 0) is 14.1 Å². The summed E-state index contributed by atoms with van der Waals surface area (Å²) in [6.07, 6.45) is 3.67. The van der Waals surface area contributed by atoms with Gasteiger partial charge in [-0.2, -0.15) is 0 Å².